The van der Waals surface area contributed by atoms with Crippen LogP contribution in [0.1, 0.15) is 72.6 Å². The molecule has 2 aliphatic carbocycles. The van der Waals surface area contributed by atoms with Crippen LogP contribution in [0.4, 0.5) is 0 Å². The monoisotopic (exact) mass is 447 g/mol. The lowest BCUT2D eigenvalue weighted by atomic mass is 9.47. The Morgan fingerprint density at radius 2 is 1.90 bits per heavy atom. The smallest absolute Gasteiger partial charge is 0.272 e. The second-order valence-corrected chi connectivity index (χ2v) is 12.2. The van der Waals surface area contributed by atoms with Crippen molar-refractivity contribution in [3.8, 4) is 0 Å². The number of rotatable bonds is 8. The molecule has 2 unspecified atom stereocenters. The second kappa shape index (κ2) is 9.08. The highest BCUT2D eigenvalue weighted by Crippen LogP contribution is 2.61. The van der Waals surface area contributed by atoms with Gasteiger partial charge in [-0.15, -0.1) is 0 Å². The number of hydrogen-bond donors (Lipinski definition) is 0. The molecule has 2 rings (SSSR count). The highest BCUT2D eigenvalue weighted by Gasteiger charge is 2.52. The highest BCUT2D eigenvalue weighted by atomic mass is 31.3. The summed E-state index contributed by atoms with van der Waals surface area (Å²) in [5.74, 6) is 1.09. The van der Waals surface area contributed by atoms with Crippen LogP contribution in [0.3, 0.4) is 0 Å². The molecule has 2 fully saturated rings. The van der Waals surface area contributed by atoms with Gasteiger partial charge in [-0.3, -0.25) is 8.88 Å². The first kappa shape index (κ1) is 25.0. The molecule has 0 amide bonds. The lowest BCUT2D eigenvalue weighted by Gasteiger charge is -2.58. The summed E-state index contributed by atoms with van der Waals surface area (Å²) < 4.78 is 29.6. The lowest BCUT2D eigenvalue weighted by molar-refractivity contribution is -0.339. The minimum atomic E-state index is -5.65. The van der Waals surface area contributed by atoms with Crippen LogP contribution < -0.4 is 14.7 Å². The Balaban J connectivity index is 1.97. The molecule has 0 aromatic carbocycles. The van der Waals surface area contributed by atoms with Gasteiger partial charge in [-0.2, -0.15) is 0 Å². The van der Waals surface area contributed by atoms with Gasteiger partial charge in [0.2, 0.25) is 0 Å². The Morgan fingerprint density at radius 1 is 1.24 bits per heavy atom. The van der Waals surface area contributed by atoms with E-state index in [2.05, 4.69) is 36.2 Å². The van der Waals surface area contributed by atoms with E-state index in [1.807, 2.05) is 6.92 Å². The molecule has 0 aliphatic heterocycles. The maximum Gasteiger partial charge on any atom is 0.272 e. The molecule has 0 aromatic rings. The fourth-order valence-electron chi connectivity index (χ4n) is 5.70. The summed E-state index contributed by atoms with van der Waals surface area (Å²) in [6.07, 6.45) is 9.23. The average Bonchev–Trinajstić information content (AvgIpc) is 2.50. The normalized spacial score (nSPS) is 32.5. The Labute approximate surface area is 174 Å². The molecule has 2 aliphatic rings. The van der Waals surface area contributed by atoms with Crippen LogP contribution in [0.2, 0.25) is 0 Å². The molecule has 9 heteroatoms. The van der Waals surface area contributed by atoms with Gasteiger partial charge in [-0.05, 0) is 68.1 Å². The van der Waals surface area contributed by atoms with Crippen molar-refractivity contribution < 1.29 is 32.6 Å². The summed E-state index contributed by atoms with van der Waals surface area (Å²) in [7, 11) is -10.8. The standard InChI is InChI=1S/C20H36O7P2/c1-15(11-14-26-29(24,25)27-28(21,22)23)7-9-17-16(2)8-10-18-19(3,4)12-6-13-20(17,18)5/h11,17-18H,2,6-10,12-14H2,1,3-5H3,(H,24,25)(H2,21,22,23)/p-3/b15-11+/t17-,18-,20?/m1/s1. The molecule has 0 heterocycles. The molecule has 0 aromatic heterocycles. The molecule has 0 radical (unpaired) electrons. The number of hydrogen-bond acceptors (Lipinski definition) is 7. The summed E-state index contributed by atoms with van der Waals surface area (Å²) >= 11 is 0. The third kappa shape index (κ3) is 6.61. The molecule has 168 valence electrons. The van der Waals surface area contributed by atoms with Crippen molar-refractivity contribution in [2.75, 3.05) is 6.61 Å². The van der Waals surface area contributed by atoms with Crippen LogP contribution in [0, 0.1) is 22.7 Å². The third-order valence-corrected chi connectivity index (χ3v) is 9.08. The summed E-state index contributed by atoms with van der Waals surface area (Å²) in [6, 6.07) is 0. The van der Waals surface area contributed by atoms with E-state index in [1.54, 1.807) is 6.08 Å². The Morgan fingerprint density at radius 3 is 2.52 bits per heavy atom. The van der Waals surface area contributed by atoms with Gasteiger partial charge in [0.15, 0.2) is 0 Å². The maximum atomic E-state index is 11.3. The van der Waals surface area contributed by atoms with Gasteiger partial charge in [0.25, 0.3) is 7.82 Å². The van der Waals surface area contributed by atoms with Crippen molar-refractivity contribution in [2.24, 2.45) is 22.7 Å². The molecule has 0 N–H and O–H groups in total. The van der Waals surface area contributed by atoms with E-state index in [0.717, 1.165) is 24.8 Å². The van der Waals surface area contributed by atoms with E-state index in [9.17, 15) is 23.8 Å². The van der Waals surface area contributed by atoms with E-state index in [1.165, 1.54) is 31.3 Å². The van der Waals surface area contributed by atoms with Crippen molar-refractivity contribution in [1.29, 1.82) is 0 Å². The van der Waals surface area contributed by atoms with Gasteiger partial charge in [0.05, 0.1) is 14.4 Å². The third-order valence-electron chi connectivity index (χ3n) is 7.01. The summed E-state index contributed by atoms with van der Waals surface area (Å²) in [5, 5.41) is 0. The zero-order valence-electron chi connectivity index (χ0n) is 17.8. The van der Waals surface area contributed by atoms with Crippen LogP contribution in [0.5, 0.6) is 0 Å². The van der Waals surface area contributed by atoms with Crippen LogP contribution >= 0.6 is 15.6 Å². The fourth-order valence-corrected chi connectivity index (χ4v) is 7.12. The number of phosphoric ester groups is 1. The molecule has 2 saturated carbocycles. The summed E-state index contributed by atoms with van der Waals surface area (Å²) in [5.41, 5.74) is 2.81. The van der Waals surface area contributed by atoms with Gasteiger partial charge < -0.3 is 23.8 Å². The van der Waals surface area contributed by atoms with Gasteiger partial charge >= 0.3 is 0 Å². The predicted molar refractivity (Wildman–Crippen MR) is 106 cm³/mol. The van der Waals surface area contributed by atoms with Crippen molar-refractivity contribution in [2.45, 2.75) is 72.6 Å². The zero-order valence-corrected chi connectivity index (χ0v) is 19.6. The highest BCUT2D eigenvalue weighted by molar-refractivity contribution is 7.58. The largest absolute Gasteiger partial charge is 0.790 e. The Hall–Kier alpha value is -0.260. The zero-order chi connectivity index (χ0) is 22.1. The molecular weight excluding hydrogens is 414 g/mol. The molecular formula is C20H33O7P2-3. The summed E-state index contributed by atoms with van der Waals surface area (Å²) in [4.78, 5) is 32.1. The second-order valence-electron chi connectivity index (χ2n) is 9.51. The Bertz CT molecular complexity index is 739. The van der Waals surface area contributed by atoms with E-state index in [-0.39, 0.29) is 12.0 Å². The topological polar surface area (TPSA) is 122 Å². The van der Waals surface area contributed by atoms with E-state index < -0.39 is 15.6 Å². The van der Waals surface area contributed by atoms with Crippen LogP contribution in [-0.4, -0.2) is 6.61 Å². The van der Waals surface area contributed by atoms with Gasteiger partial charge in [0, 0.05) is 0 Å². The van der Waals surface area contributed by atoms with Crippen LogP contribution in [0.15, 0.2) is 23.8 Å². The van der Waals surface area contributed by atoms with Gasteiger partial charge in [-0.1, -0.05) is 51.0 Å². The number of fused-ring (bicyclic) bond motifs is 1. The molecule has 0 bridgehead atoms. The first-order valence-electron chi connectivity index (χ1n) is 10.2. The van der Waals surface area contributed by atoms with Gasteiger partial charge in [0.1, 0.15) is 0 Å². The summed E-state index contributed by atoms with van der Waals surface area (Å²) in [6.45, 7) is 13.0. The Kier molecular flexibility index (Phi) is 7.83. The van der Waals surface area contributed by atoms with Crippen molar-refractivity contribution in [1.82, 2.24) is 0 Å². The molecule has 7 nitrogen and oxygen atoms in total. The van der Waals surface area contributed by atoms with E-state index in [0.29, 0.717) is 17.3 Å². The van der Waals surface area contributed by atoms with E-state index >= 15 is 0 Å². The molecule has 0 saturated heterocycles. The lowest BCUT2D eigenvalue weighted by Crippen LogP contribution is -2.49. The van der Waals surface area contributed by atoms with Crippen molar-refractivity contribution in [3.63, 3.8) is 0 Å². The van der Waals surface area contributed by atoms with E-state index in [4.69, 9.17) is 0 Å². The average molecular weight is 447 g/mol. The first-order valence-corrected chi connectivity index (χ1v) is 13.1. The quantitative estimate of drug-likeness (QED) is 0.409. The first-order chi connectivity index (χ1) is 13.2. The molecule has 29 heavy (non-hydrogen) atoms. The fraction of sp³-hybridized carbons (Fsp3) is 0.800. The van der Waals surface area contributed by atoms with Crippen LogP contribution in [-0.2, 0) is 18.0 Å². The van der Waals surface area contributed by atoms with Crippen molar-refractivity contribution in [3.05, 3.63) is 23.8 Å². The SMILES string of the molecule is C=C1CC[C@@H]2C(C)(C)CCCC2(C)[C@@H]1CC/C(C)=C/COP(=O)([O-])OP(=O)([O-])[O-]. The number of phosphoric acid groups is 2. The molecule has 0 spiro atoms. The molecule has 4 atom stereocenters. The minimum absolute atomic E-state index is 0.232. The van der Waals surface area contributed by atoms with Crippen LogP contribution in [0.25, 0.3) is 0 Å². The maximum absolute atomic E-state index is 11.3. The number of allylic oxidation sites excluding steroid dienone is 2. The van der Waals surface area contributed by atoms with Crippen molar-refractivity contribution >= 4 is 15.6 Å². The predicted octanol–water partition coefficient (Wildman–Crippen LogP) is 3.84. The van der Waals surface area contributed by atoms with Gasteiger partial charge in [-0.25, -0.2) is 0 Å². The minimum Gasteiger partial charge on any atom is -0.790 e.